The van der Waals surface area contributed by atoms with Crippen molar-refractivity contribution in [3.8, 4) is 11.1 Å². The third kappa shape index (κ3) is 3.12. The molecule has 0 nitrogen and oxygen atoms in total. The third-order valence-electron chi connectivity index (χ3n) is 3.90. The van der Waals surface area contributed by atoms with E-state index in [4.69, 9.17) is 0 Å². The molecule has 0 bridgehead atoms. The molecular formula is C20H26. The predicted octanol–water partition coefficient (Wildman–Crippen LogP) is 6.22. The molecule has 2 rings (SSSR count). The Morgan fingerprint density at radius 3 is 1.80 bits per heavy atom. The van der Waals surface area contributed by atoms with Gasteiger partial charge in [0.1, 0.15) is 0 Å². The fraction of sp³-hybridized carbons (Fsp3) is 0.400. The molecule has 0 aromatic heterocycles. The van der Waals surface area contributed by atoms with Gasteiger partial charge in [-0.25, -0.2) is 0 Å². The molecule has 20 heavy (non-hydrogen) atoms. The maximum Gasteiger partial charge on any atom is -0.0146 e. The summed E-state index contributed by atoms with van der Waals surface area (Å²) in [5.41, 5.74) is 8.30. The molecule has 0 heteroatoms. The van der Waals surface area contributed by atoms with Crippen LogP contribution in [0.1, 0.15) is 61.8 Å². The Balaban J connectivity index is 2.65. The molecule has 0 fully saturated rings. The highest BCUT2D eigenvalue weighted by Gasteiger charge is 2.11. The Labute approximate surface area is 123 Å². The van der Waals surface area contributed by atoms with Gasteiger partial charge in [0.05, 0.1) is 0 Å². The van der Waals surface area contributed by atoms with E-state index in [1.165, 1.54) is 33.4 Å². The van der Waals surface area contributed by atoms with Crippen LogP contribution in [0.3, 0.4) is 0 Å². The van der Waals surface area contributed by atoms with Crippen LogP contribution in [0.25, 0.3) is 11.1 Å². The molecule has 0 radical (unpaired) electrons. The first kappa shape index (κ1) is 14.8. The molecule has 0 aliphatic rings. The van der Waals surface area contributed by atoms with E-state index in [0.29, 0.717) is 11.8 Å². The second-order valence-electron chi connectivity index (χ2n) is 6.53. The zero-order chi connectivity index (χ0) is 14.9. The van der Waals surface area contributed by atoms with Crippen molar-refractivity contribution in [3.63, 3.8) is 0 Å². The van der Waals surface area contributed by atoms with Gasteiger partial charge in [0.2, 0.25) is 0 Å². The zero-order valence-corrected chi connectivity index (χ0v) is 13.6. The third-order valence-corrected chi connectivity index (χ3v) is 3.90. The molecule has 0 unspecified atom stereocenters. The van der Waals surface area contributed by atoms with Crippen molar-refractivity contribution in [1.82, 2.24) is 0 Å². The molecule has 0 spiro atoms. The summed E-state index contributed by atoms with van der Waals surface area (Å²) >= 11 is 0. The van der Waals surface area contributed by atoms with Crippen LogP contribution in [0, 0.1) is 13.8 Å². The Morgan fingerprint density at radius 1 is 0.700 bits per heavy atom. The summed E-state index contributed by atoms with van der Waals surface area (Å²) in [5, 5.41) is 0. The number of benzene rings is 2. The summed E-state index contributed by atoms with van der Waals surface area (Å²) < 4.78 is 0. The fourth-order valence-corrected chi connectivity index (χ4v) is 2.82. The van der Waals surface area contributed by atoms with Gasteiger partial charge in [0, 0.05) is 0 Å². The Morgan fingerprint density at radius 2 is 1.30 bits per heavy atom. The van der Waals surface area contributed by atoms with Crippen LogP contribution in [-0.4, -0.2) is 0 Å². The normalized spacial score (nSPS) is 11.4. The van der Waals surface area contributed by atoms with Crippen molar-refractivity contribution in [2.45, 2.75) is 53.4 Å². The van der Waals surface area contributed by atoms with Crippen molar-refractivity contribution >= 4 is 0 Å². The van der Waals surface area contributed by atoms with E-state index >= 15 is 0 Å². The highest BCUT2D eigenvalue weighted by Crippen LogP contribution is 2.33. The molecule has 0 N–H and O–H groups in total. The molecule has 0 amide bonds. The van der Waals surface area contributed by atoms with Gasteiger partial charge in [0.15, 0.2) is 0 Å². The lowest BCUT2D eigenvalue weighted by molar-refractivity contribution is 0.847. The van der Waals surface area contributed by atoms with Crippen molar-refractivity contribution in [2.75, 3.05) is 0 Å². The molecular weight excluding hydrogens is 240 g/mol. The number of rotatable bonds is 3. The lowest BCUT2D eigenvalue weighted by atomic mass is 9.88. The molecule has 0 heterocycles. The van der Waals surface area contributed by atoms with Crippen LogP contribution < -0.4 is 0 Å². The van der Waals surface area contributed by atoms with Gasteiger partial charge in [-0.15, -0.1) is 0 Å². The predicted molar refractivity (Wildman–Crippen MR) is 89.5 cm³/mol. The first-order valence-electron chi connectivity index (χ1n) is 7.61. The summed E-state index contributed by atoms with van der Waals surface area (Å²) in [4.78, 5) is 0. The molecule has 0 aliphatic heterocycles. The maximum atomic E-state index is 2.38. The highest BCUT2D eigenvalue weighted by molar-refractivity contribution is 5.70. The maximum absolute atomic E-state index is 2.38. The number of hydrogen-bond donors (Lipinski definition) is 0. The van der Waals surface area contributed by atoms with E-state index in [0.717, 1.165) is 0 Å². The highest BCUT2D eigenvalue weighted by atomic mass is 14.2. The number of aryl methyl sites for hydroxylation is 2. The number of hydrogen-bond acceptors (Lipinski definition) is 0. The topological polar surface area (TPSA) is 0 Å². The van der Waals surface area contributed by atoms with E-state index < -0.39 is 0 Å². The minimum absolute atomic E-state index is 0.548. The van der Waals surface area contributed by atoms with Gasteiger partial charge in [-0.2, -0.15) is 0 Å². The molecule has 0 saturated carbocycles. The first-order chi connectivity index (χ1) is 9.38. The summed E-state index contributed by atoms with van der Waals surface area (Å²) in [6, 6.07) is 13.8. The minimum atomic E-state index is 0.548. The van der Waals surface area contributed by atoms with Gasteiger partial charge >= 0.3 is 0 Å². The summed E-state index contributed by atoms with van der Waals surface area (Å²) in [6.07, 6.45) is 0. The SMILES string of the molecule is Cc1cc(C)cc(-c2cc(C(C)C)ccc2C(C)C)c1. The molecule has 2 aromatic rings. The molecule has 0 atom stereocenters. The standard InChI is InChI=1S/C20H26/c1-13(2)17-7-8-19(14(3)4)20(12-17)18-10-15(5)9-16(6)11-18/h7-14H,1-6H3. The van der Waals surface area contributed by atoms with E-state index in [2.05, 4.69) is 77.9 Å². The molecule has 2 aromatic carbocycles. The quantitative estimate of drug-likeness (QED) is 0.619. The van der Waals surface area contributed by atoms with Crippen LogP contribution in [-0.2, 0) is 0 Å². The summed E-state index contributed by atoms with van der Waals surface area (Å²) in [6.45, 7) is 13.4. The Kier molecular flexibility index (Phi) is 4.32. The van der Waals surface area contributed by atoms with Gasteiger partial charge in [0.25, 0.3) is 0 Å². The smallest absolute Gasteiger partial charge is 0.0146 e. The van der Waals surface area contributed by atoms with E-state index in [-0.39, 0.29) is 0 Å². The van der Waals surface area contributed by atoms with Gasteiger partial charge in [-0.3, -0.25) is 0 Å². The monoisotopic (exact) mass is 266 g/mol. The van der Waals surface area contributed by atoms with Gasteiger partial charge in [-0.1, -0.05) is 75.2 Å². The largest absolute Gasteiger partial charge is 0.0587 e. The first-order valence-corrected chi connectivity index (χ1v) is 7.61. The van der Waals surface area contributed by atoms with Crippen LogP contribution >= 0.6 is 0 Å². The van der Waals surface area contributed by atoms with Crippen molar-refractivity contribution in [3.05, 3.63) is 58.7 Å². The van der Waals surface area contributed by atoms with Gasteiger partial charge in [-0.05, 0) is 47.9 Å². The average Bonchev–Trinajstić information content (AvgIpc) is 2.36. The van der Waals surface area contributed by atoms with Crippen molar-refractivity contribution in [1.29, 1.82) is 0 Å². The van der Waals surface area contributed by atoms with E-state index in [1.54, 1.807) is 0 Å². The Hall–Kier alpha value is -1.56. The van der Waals surface area contributed by atoms with Crippen LogP contribution in [0.15, 0.2) is 36.4 Å². The molecule has 0 aliphatic carbocycles. The molecule has 0 saturated heterocycles. The Bertz CT molecular complexity index is 583. The zero-order valence-electron chi connectivity index (χ0n) is 13.6. The second kappa shape index (κ2) is 5.83. The van der Waals surface area contributed by atoms with E-state index in [1.807, 2.05) is 0 Å². The second-order valence-corrected chi connectivity index (χ2v) is 6.53. The van der Waals surface area contributed by atoms with E-state index in [9.17, 15) is 0 Å². The lowest BCUT2D eigenvalue weighted by Crippen LogP contribution is -1.97. The fourth-order valence-electron chi connectivity index (χ4n) is 2.82. The van der Waals surface area contributed by atoms with Crippen molar-refractivity contribution in [2.24, 2.45) is 0 Å². The molecule has 106 valence electrons. The summed E-state index contributed by atoms with van der Waals surface area (Å²) in [7, 11) is 0. The van der Waals surface area contributed by atoms with Gasteiger partial charge < -0.3 is 0 Å². The lowest BCUT2D eigenvalue weighted by Gasteiger charge is -2.17. The van der Waals surface area contributed by atoms with Crippen molar-refractivity contribution < 1.29 is 0 Å². The van der Waals surface area contributed by atoms with Crippen LogP contribution in [0.4, 0.5) is 0 Å². The average molecular weight is 266 g/mol. The minimum Gasteiger partial charge on any atom is -0.0587 e. The van der Waals surface area contributed by atoms with Crippen LogP contribution in [0.5, 0.6) is 0 Å². The van der Waals surface area contributed by atoms with Crippen LogP contribution in [0.2, 0.25) is 0 Å². The summed E-state index contributed by atoms with van der Waals surface area (Å²) in [5.74, 6) is 1.12.